The van der Waals surface area contributed by atoms with Gasteiger partial charge in [0.1, 0.15) is 17.2 Å². The zero-order valence-corrected chi connectivity index (χ0v) is 27.7. The van der Waals surface area contributed by atoms with E-state index in [-0.39, 0.29) is 35.6 Å². The molecule has 1 saturated carbocycles. The van der Waals surface area contributed by atoms with Gasteiger partial charge in [-0.25, -0.2) is 4.39 Å². The van der Waals surface area contributed by atoms with Crippen LogP contribution in [-0.2, 0) is 11.3 Å². The van der Waals surface area contributed by atoms with Crippen LogP contribution in [-0.4, -0.2) is 56.8 Å². The van der Waals surface area contributed by atoms with Crippen molar-refractivity contribution in [3.8, 4) is 0 Å². The molecule has 11 heteroatoms. The number of H-pyrrole nitrogens is 1. The fraction of sp³-hybridized carbons (Fsp3) is 0.515. The van der Waals surface area contributed by atoms with Crippen molar-refractivity contribution in [2.24, 2.45) is 10.4 Å². The highest BCUT2D eigenvalue weighted by atomic mass is 28.3. The first-order valence-corrected chi connectivity index (χ1v) is 19.1. The third-order valence-electron chi connectivity index (χ3n) is 9.13. The van der Waals surface area contributed by atoms with Gasteiger partial charge in [0.25, 0.3) is 11.8 Å². The number of hydrogen-bond acceptors (Lipinski definition) is 6. The summed E-state index contributed by atoms with van der Waals surface area (Å²) >= 11 is 0. The molecule has 1 aromatic heterocycles. The zero-order chi connectivity index (χ0) is 31.7. The van der Waals surface area contributed by atoms with E-state index in [2.05, 4.69) is 66.4 Å². The first kappa shape index (κ1) is 31.7. The van der Waals surface area contributed by atoms with Gasteiger partial charge < -0.3 is 10.2 Å². The maximum absolute atomic E-state index is 14.5. The molecule has 2 heterocycles. The Balaban J connectivity index is 1.49. The highest BCUT2D eigenvalue weighted by molar-refractivity contribution is 6.77. The minimum absolute atomic E-state index is 0.0465. The Kier molecular flexibility index (Phi) is 8.88. The molecule has 2 N–H and O–H groups in total. The number of aliphatic imine (C=N–C) groups is 1. The molecular weight excluding hydrogens is 573 g/mol. The number of carbonyl (C=O) groups is 2. The monoisotopic (exact) mass is 617 g/mol. The molecule has 1 spiro atoms. The highest BCUT2D eigenvalue weighted by Gasteiger charge is 2.53. The molecule has 5 rings (SSSR count). The molecule has 0 radical (unpaired) electrons. The summed E-state index contributed by atoms with van der Waals surface area (Å²) in [6.07, 6.45) is 5.24. The van der Waals surface area contributed by atoms with Crippen molar-refractivity contribution in [1.29, 1.82) is 0 Å². The maximum Gasteiger partial charge on any atom is 0.275 e. The lowest BCUT2D eigenvalue weighted by Gasteiger charge is -2.47. The Morgan fingerprint density at radius 3 is 2.43 bits per heavy atom. The molecule has 234 valence electrons. The second-order valence-electron chi connectivity index (χ2n) is 14.5. The normalized spacial score (nSPS) is 21.4. The Bertz CT molecular complexity index is 1500. The minimum Gasteiger partial charge on any atom is -0.345 e. The van der Waals surface area contributed by atoms with Crippen LogP contribution in [0.1, 0.15) is 92.6 Å². The van der Waals surface area contributed by atoms with Crippen molar-refractivity contribution in [2.45, 2.75) is 103 Å². The molecule has 2 amide bonds. The molecule has 1 atom stereocenters. The molecule has 0 saturated heterocycles. The van der Waals surface area contributed by atoms with Crippen molar-refractivity contribution in [3.05, 3.63) is 76.9 Å². The molecule has 0 bridgehead atoms. The van der Waals surface area contributed by atoms with Gasteiger partial charge in [-0.1, -0.05) is 69.9 Å². The quantitative estimate of drug-likeness (QED) is 0.268. The van der Waals surface area contributed by atoms with E-state index < -0.39 is 13.7 Å². The second kappa shape index (κ2) is 12.3. The van der Waals surface area contributed by atoms with Gasteiger partial charge in [-0.2, -0.15) is 5.21 Å². The fourth-order valence-electron chi connectivity index (χ4n) is 6.56. The number of tetrazole rings is 1. The second-order valence-corrected chi connectivity index (χ2v) is 20.1. The van der Waals surface area contributed by atoms with E-state index in [0.29, 0.717) is 28.2 Å². The van der Waals surface area contributed by atoms with E-state index in [9.17, 15) is 14.0 Å². The number of hydrogen-bond donors (Lipinski definition) is 2. The Labute approximate surface area is 260 Å². The smallest absolute Gasteiger partial charge is 0.275 e. The summed E-state index contributed by atoms with van der Waals surface area (Å²) in [5, 5.41) is 16.5. The van der Waals surface area contributed by atoms with Crippen LogP contribution in [0.15, 0.2) is 53.5 Å². The molecule has 2 aromatic carbocycles. The predicted octanol–water partition coefficient (Wildman–Crippen LogP) is 6.45. The van der Waals surface area contributed by atoms with Crippen LogP contribution in [0.3, 0.4) is 0 Å². The summed E-state index contributed by atoms with van der Waals surface area (Å²) in [5.41, 5.74) is 2.35. The third kappa shape index (κ3) is 6.98. The topological polar surface area (TPSA) is 116 Å². The summed E-state index contributed by atoms with van der Waals surface area (Å²) in [6.45, 7) is 14.0. The molecule has 2 aliphatic rings. The number of aromatic amines is 1. The number of aromatic nitrogens is 4. The van der Waals surface area contributed by atoms with Crippen LogP contribution in [0.4, 0.5) is 4.39 Å². The van der Waals surface area contributed by atoms with Gasteiger partial charge in [-0.15, -0.1) is 10.2 Å². The van der Waals surface area contributed by atoms with Crippen molar-refractivity contribution >= 4 is 25.6 Å². The van der Waals surface area contributed by atoms with Crippen molar-refractivity contribution in [1.82, 2.24) is 30.8 Å². The van der Waals surface area contributed by atoms with Crippen molar-refractivity contribution in [2.75, 3.05) is 0 Å². The molecule has 1 aliphatic carbocycles. The van der Waals surface area contributed by atoms with E-state index >= 15 is 0 Å². The van der Waals surface area contributed by atoms with Crippen molar-refractivity contribution < 1.29 is 14.0 Å². The molecule has 1 fully saturated rings. The van der Waals surface area contributed by atoms with E-state index in [1.165, 1.54) is 12.1 Å². The summed E-state index contributed by atoms with van der Waals surface area (Å²) < 4.78 is 14.4. The molecule has 1 aliphatic heterocycles. The minimum atomic E-state index is -1.38. The molecule has 9 nitrogen and oxygen atoms in total. The summed E-state index contributed by atoms with van der Waals surface area (Å²) in [7, 11) is -1.38. The van der Waals surface area contributed by atoms with Gasteiger partial charge in [-0.05, 0) is 79.3 Å². The van der Waals surface area contributed by atoms with Crippen LogP contribution >= 0.6 is 0 Å². The van der Waals surface area contributed by atoms with Gasteiger partial charge in [0.05, 0.1) is 12.6 Å². The van der Waals surface area contributed by atoms with Crippen LogP contribution in [0, 0.1) is 11.2 Å². The lowest BCUT2D eigenvalue weighted by molar-refractivity contribution is -0.133. The number of benzene rings is 2. The van der Waals surface area contributed by atoms with Crippen LogP contribution in [0.2, 0.25) is 25.2 Å². The van der Waals surface area contributed by atoms with E-state index in [1.807, 2.05) is 17.0 Å². The fourth-order valence-corrected chi connectivity index (χ4v) is 8.58. The molecule has 44 heavy (non-hydrogen) atoms. The largest absolute Gasteiger partial charge is 0.345 e. The van der Waals surface area contributed by atoms with E-state index in [4.69, 9.17) is 4.99 Å². The standard InChI is InChI=1S/C33H44FN7O2Si/c1-32(2,3)17-16-27(22-10-12-23(13-11-22)30(42)35-21-28-37-39-40-38-28)41-31(43)29(24-8-7-9-25(34)20-24)36-33(41)18-14-26(15-19-33)44(4,5)6/h7-13,20,26-27H,14-19,21H2,1-6H3,(H,35,42)(H,37,38,39,40). The first-order chi connectivity index (χ1) is 20.8. The van der Waals surface area contributed by atoms with Crippen molar-refractivity contribution in [3.63, 3.8) is 0 Å². The molecular formula is C33H44FN7O2Si. The Hall–Kier alpha value is -3.73. The summed E-state index contributed by atoms with van der Waals surface area (Å²) in [6, 6.07) is 13.5. The van der Waals surface area contributed by atoms with Crippen LogP contribution < -0.4 is 5.32 Å². The Morgan fingerprint density at radius 1 is 1.14 bits per heavy atom. The average molecular weight is 618 g/mol. The molecule has 1 unspecified atom stereocenters. The highest BCUT2D eigenvalue weighted by Crippen LogP contribution is 2.50. The maximum atomic E-state index is 14.5. The van der Waals surface area contributed by atoms with Crippen LogP contribution in [0.25, 0.3) is 0 Å². The number of nitrogens with one attached hydrogen (secondary N) is 2. The number of carbonyl (C=O) groups excluding carboxylic acids is 2. The lowest BCUT2D eigenvalue weighted by atomic mass is 9.83. The molecule has 3 aromatic rings. The lowest BCUT2D eigenvalue weighted by Crippen LogP contribution is -2.51. The first-order valence-electron chi connectivity index (χ1n) is 15.6. The summed E-state index contributed by atoms with van der Waals surface area (Å²) in [5.74, 6) is -0.385. The van der Waals surface area contributed by atoms with Gasteiger partial charge in [-0.3, -0.25) is 14.6 Å². The number of amides is 2. The SMILES string of the molecule is CC(C)(C)CCC(c1ccc(C(=O)NCc2nn[nH]n2)cc1)N1C(=O)C(c2cccc(F)c2)=NC12CCC([Si](C)(C)C)CC2. The van der Waals surface area contributed by atoms with Gasteiger partial charge in [0.15, 0.2) is 5.82 Å². The third-order valence-corrected chi connectivity index (χ3v) is 12.2. The van der Waals surface area contributed by atoms with Gasteiger partial charge >= 0.3 is 0 Å². The van der Waals surface area contributed by atoms with Gasteiger partial charge in [0.2, 0.25) is 0 Å². The number of rotatable bonds is 9. The predicted molar refractivity (Wildman–Crippen MR) is 171 cm³/mol. The number of halogens is 1. The van der Waals surface area contributed by atoms with E-state index in [0.717, 1.165) is 44.1 Å². The average Bonchev–Trinajstić information content (AvgIpc) is 3.58. The van der Waals surface area contributed by atoms with Crippen LogP contribution in [0.5, 0.6) is 0 Å². The van der Waals surface area contributed by atoms with Gasteiger partial charge in [0, 0.05) is 19.2 Å². The van der Waals surface area contributed by atoms with E-state index in [1.54, 1.807) is 24.3 Å². The summed E-state index contributed by atoms with van der Waals surface area (Å²) in [4.78, 5) is 34.6. The zero-order valence-electron chi connectivity index (χ0n) is 26.7. The Morgan fingerprint density at radius 2 is 1.84 bits per heavy atom. The number of nitrogens with zero attached hydrogens (tertiary/aromatic N) is 5.